The summed E-state index contributed by atoms with van der Waals surface area (Å²) >= 11 is 1.40. The van der Waals surface area contributed by atoms with Crippen molar-refractivity contribution in [2.45, 2.75) is 12.8 Å². The number of amides is 1. The average Bonchev–Trinajstić information content (AvgIpc) is 3.07. The van der Waals surface area contributed by atoms with Crippen molar-refractivity contribution >= 4 is 33.6 Å². The van der Waals surface area contributed by atoms with Crippen LogP contribution in [-0.2, 0) is 9.53 Å². The van der Waals surface area contributed by atoms with Crippen LogP contribution in [0.4, 0.5) is 10.8 Å². The molecule has 23 heavy (non-hydrogen) atoms. The molecule has 1 aliphatic rings. The summed E-state index contributed by atoms with van der Waals surface area (Å²) in [6, 6.07) is 7.37. The van der Waals surface area contributed by atoms with Crippen LogP contribution in [0.15, 0.2) is 41.9 Å². The Bertz CT molecular complexity index is 674. The summed E-state index contributed by atoms with van der Waals surface area (Å²) in [6.07, 6.45) is 5.59. The molecule has 0 radical (unpaired) electrons. The third-order valence-electron chi connectivity index (χ3n) is 3.79. The molecule has 1 amide bonds. The lowest BCUT2D eigenvalue weighted by molar-refractivity contribution is -0.111. The first kappa shape index (κ1) is 15.7. The number of ether oxygens (including phenoxy) is 1. The highest BCUT2D eigenvalue weighted by Gasteiger charge is 2.18. The van der Waals surface area contributed by atoms with Gasteiger partial charge in [-0.25, -0.2) is 4.98 Å². The summed E-state index contributed by atoms with van der Waals surface area (Å²) in [4.78, 5) is 16.8. The Morgan fingerprint density at radius 1 is 1.30 bits per heavy atom. The van der Waals surface area contributed by atoms with Gasteiger partial charge in [-0.05, 0) is 36.5 Å². The van der Waals surface area contributed by atoms with E-state index >= 15 is 0 Å². The van der Waals surface area contributed by atoms with Crippen molar-refractivity contribution in [1.29, 1.82) is 0 Å². The number of nitrogens with zero attached hydrogens (tertiary/aromatic N) is 1. The fraction of sp³-hybridized carbons (Fsp3) is 0.294. The number of benzene rings is 1. The van der Waals surface area contributed by atoms with Gasteiger partial charge >= 0.3 is 0 Å². The predicted molar refractivity (Wildman–Crippen MR) is 93.1 cm³/mol. The Morgan fingerprint density at radius 2 is 2.04 bits per heavy atom. The molecule has 0 atom stereocenters. The van der Waals surface area contributed by atoms with E-state index in [0.717, 1.165) is 31.6 Å². The molecule has 5 nitrogen and oxygen atoms in total. The molecule has 1 aromatic carbocycles. The second kappa shape index (κ2) is 7.39. The second-order valence-corrected chi connectivity index (χ2v) is 6.34. The molecule has 2 heterocycles. The molecule has 0 aliphatic carbocycles. The van der Waals surface area contributed by atoms with Crippen LogP contribution in [0.5, 0.6) is 0 Å². The van der Waals surface area contributed by atoms with Gasteiger partial charge in [0.2, 0.25) is 0 Å². The molecule has 0 spiro atoms. The van der Waals surface area contributed by atoms with Gasteiger partial charge in [-0.15, -0.1) is 11.3 Å². The zero-order chi connectivity index (χ0) is 16.1. The van der Waals surface area contributed by atoms with Crippen molar-refractivity contribution in [3.8, 4) is 0 Å². The first-order valence-corrected chi connectivity index (χ1v) is 8.46. The summed E-state index contributed by atoms with van der Waals surface area (Å²) in [5.41, 5.74) is 7.95. The zero-order valence-corrected chi connectivity index (χ0v) is 13.5. The lowest BCUT2D eigenvalue weighted by atomic mass is 9.94. The number of hydrogen-bond acceptors (Lipinski definition) is 5. The van der Waals surface area contributed by atoms with E-state index < -0.39 is 0 Å². The van der Waals surface area contributed by atoms with Crippen LogP contribution in [0, 0.1) is 5.92 Å². The van der Waals surface area contributed by atoms with E-state index in [-0.39, 0.29) is 5.91 Å². The Kier molecular flexibility index (Phi) is 5.05. The maximum atomic E-state index is 12.7. The maximum Gasteiger partial charge on any atom is 0.257 e. The topological polar surface area (TPSA) is 77.2 Å². The molecule has 6 heteroatoms. The summed E-state index contributed by atoms with van der Waals surface area (Å²) < 4.78 is 5.39. The monoisotopic (exact) mass is 329 g/mol. The highest BCUT2D eigenvalue weighted by molar-refractivity contribution is 7.13. The normalized spacial score (nSPS) is 16.3. The minimum Gasteiger partial charge on any atom is -0.399 e. The summed E-state index contributed by atoms with van der Waals surface area (Å²) in [6.45, 7) is 1.48. The van der Waals surface area contributed by atoms with E-state index in [2.05, 4.69) is 16.4 Å². The van der Waals surface area contributed by atoms with Gasteiger partial charge < -0.3 is 10.5 Å². The van der Waals surface area contributed by atoms with Gasteiger partial charge in [-0.3, -0.25) is 10.1 Å². The quantitative estimate of drug-likeness (QED) is 0.667. The van der Waals surface area contributed by atoms with Gasteiger partial charge in [0.15, 0.2) is 5.13 Å². The number of rotatable bonds is 4. The summed E-state index contributed by atoms with van der Waals surface area (Å²) in [5.74, 6) is 0.203. The number of anilines is 2. The van der Waals surface area contributed by atoms with Crippen LogP contribution >= 0.6 is 11.3 Å². The fourth-order valence-electron chi connectivity index (χ4n) is 2.53. The molecular formula is C17H19N3O2S. The van der Waals surface area contributed by atoms with E-state index in [4.69, 9.17) is 10.5 Å². The van der Waals surface area contributed by atoms with Gasteiger partial charge in [0.25, 0.3) is 5.91 Å². The molecule has 120 valence electrons. The number of carbonyl (C=O) groups is 1. The number of allylic oxidation sites excluding steroid dienone is 1. The summed E-state index contributed by atoms with van der Waals surface area (Å²) in [7, 11) is 0. The molecule has 2 aromatic rings. The molecule has 1 fully saturated rings. The van der Waals surface area contributed by atoms with Crippen molar-refractivity contribution in [3.05, 3.63) is 47.5 Å². The SMILES string of the molecule is Nc1ccc(C(=CC2CCOCC2)C(=O)Nc2nccs2)cc1. The Balaban J connectivity index is 1.87. The lowest BCUT2D eigenvalue weighted by Gasteiger charge is -2.20. The number of thiazole rings is 1. The maximum absolute atomic E-state index is 12.7. The molecular weight excluding hydrogens is 310 g/mol. The van der Waals surface area contributed by atoms with Crippen LogP contribution in [0.1, 0.15) is 18.4 Å². The number of aromatic nitrogens is 1. The first-order valence-electron chi connectivity index (χ1n) is 7.58. The zero-order valence-electron chi connectivity index (χ0n) is 12.7. The Hall–Kier alpha value is -2.18. The summed E-state index contributed by atoms with van der Waals surface area (Å²) in [5, 5.41) is 5.30. The first-order chi connectivity index (χ1) is 11.2. The standard InChI is InChI=1S/C17H19N3O2S/c18-14-3-1-13(2-4-14)15(11-12-5-8-22-9-6-12)16(21)20-17-19-7-10-23-17/h1-4,7,10-12H,5-6,8-9,18H2,(H,19,20,21). The van der Waals surface area contributed by atoms with E-state index in [0.29, 0.717) is 22.3 Å². The number of hydrogen-bond donors (Lipinski definition) is 2. The molecule has 3 N–H and O–H groups in total. The average molecular weight is 329 g/mol. The number of nitrogens with two attached hydrogens (primary N) is 1. The van der Waals surface area contributed by atoms with Gasteiger partial charge in [0, 0.05) is 36.1 Å². The minimum atomic E-state index is -0.142. The smallest absolute Gasteiger partial charge is 0.257 e. The van der Waals surface area contributed by atoms with Crippen LogP contribution in [0.3, 0.4) is 0 Å². The van der Waals surface area contributed by atoms with Gasteiger partial charge in [-0.1, -0.05) is 18.2 Å². The molecule has 1 saturated heterocycles. The van der Waals surface area contributed by atoms with Gasteiger partial charge in [0.1, 0.15) is 0 Å². The molecule has 1 aliphatic heterocycles. The molecule has 3 rings (SSSR count). The molecule has 1 aromatic heterocycles. The lowest BCUT2D eigenvalue weighted by Crippen LogP contribution is -2.18. The van der Waals surface area contributed by atoms with E-state index in [9.17, 15) is 4.79 Å². The van der Waals surface area contributed by atoms with E-state index in [1.165, 1.54) is 11.3 Å². The molecule has 0 unspecified atom stereocenters. The highest BCUT2D eigenvalue weighted by Crippen LogP contribution is 2.25. The van der Waals surface area contributed by atoms with Crippen LogP contribution in [-0.4, -0.2) is 24.1 Å². The van der Waals surface area contributed by atoms with Crippen molar-refractivity contribution in [2.75, 3.05) is 24.3 Å². The van der Waals surface area contributed by atoms with Crippen molar-refractivity contribution in [2.24, 2.45) is 5.92 Å². The second-order valence-electron chi connectivity index (χ2n) is 5.44. The van der Waals surface area contributed by atoms with Gasteiger partial charge in [-0.2, -0.15) is 0 Å². The third kappa shape index (κ3) is 4.18. The highest BCUT2D eigenvalue weighted by atomic mass is 32.1. The third-order valence-corrected chi connectivity index (χ3v) is 4.48. The predicted octanol–water partition coefficient (Wildman–Crippen LogP) is 3.17. The van der Waals surface area contributed by atoms with E-state index in [1.807, 2.05) is 29.6 Å². The molecule has 0 bridgehead atoms. The number of carbonyl (C=O) groups excluding carboxylic acids is 1. The van der Waals surface area contributed by atoms with Crippen molar-refractivity contribution in [1.82, 2.24) is 4.98 Å². The van der Waals surface area contributed by atoms with Crippen LogP contribution < -0.4 is 11.1 Å². The van der Waals surface area contributed by atoms with Crippen molar-refractivity contribution < 1.29 is 9.53 Å². The fourth-order valence-corrected chi connectivity index (χ4v) is 3.06. The van der Waals surface area contributed by atoms with Crippen molar-refractivity contribution in [3.63, 3.8) is 0 Å². The van der Waals surface area contributed by atoms with Gasteiger partial charge in [0.05, 0.1) is 0 Å². The van der Waals surface area contributed by atoms with Crippen LogP contribution in [0.25, 0.3) is 5.57 Å². The minimum absolute atomic E-state index is 0.142. The van der Waals surface area contributed by atoms with Crippen LogP contribution in [0.2, 0.25) is 0 Å². The number of nitrogens with one attached hydrogen (secondary N) is 1. The molecule has 0 saturated carbocycles. The number of nitrogen functional groups attached to an aromatic ring is 1. The largest absolute Gasteiger partial charge is 0.399 e. The van der Waals surface area contributed by atoms with E-state index in [1.54, 1.807) is 6.20 Å². The Labute approximate surface area is 139 Å². The Morgan fingerprint density at radius 3 is 2.70 bits per heavy atom.